The predicted octanol–water partition coefficient (Wildman–Crippen LogP) is 1.90. The fourth-order valence-corrected chi connectivity index (χ4v) is 9.22. The molecule has 3 aliphatic carbocycles. The normalized spacial score (nSPS) is 27.1. The largest absolute Gasteiger partial charge is 0.376 e. The Balaban J connectivity index is 1.21. The third-order valence-corrected chi connectivity index (χ3v) is 12.7. The molecule has 6 rings (SSSR count). The number of urea groups is 1. The highest BCUT2D eigenvalue weighted by molar-refractivity contribution is 6.37. The Morgan fingerprint density at radius 1 is 1.02 bits per heavy atom. The number of nitrogens with one attached hydrogen (secondary N) is 4. The number of amides is 5. The number of nitrogens with two attached hydrogens (primary N) is 1. The first kappa shape index (κ1) is 35.0. The predicted molar refractivity (Wildman–Crippen MR) is 180 cm³/mol. The van der Waals surface area contributed by atoms with Crippen molar-refractivity contribution in [1.82, 2.24) is 30.8 Å². The molecule has 1 aromatic heterocycles. The van der Waals surface area contributed by atoms with Crippen LogP contribution in [0.5, 0.6) is 0 Å². The summed E-state index contributed by atoms with van der Waals surface area (Å²) in [5.74, 6) is -2.07. The first-order valence-electron chi connectivity index (χ1n) is 17.7. The van der Waals surface area contributed by atoms with Gasteiger partial charge in [-0.05, 0) is 53.9 Å². The van der Waals surface area contributed by atoms with Crippen LogP contribution >= 0.6 is 0 Å². The number of ketones is 1. The van der Waals surface area contributed by atoms with E-state index < -0.39 is 52.7 Å². The van der Waals surface area contributed by atoms with Gasteiger partial charge in [-0.15, -0.1) is 0 Å². The second-order valence-electron chi connectivity index (χ2n) is 16.7. The zero-order chi connectivity index (χ0) is 35.4. The lowest BCUT2D eigenvalue weighted by molar-refractivity contribution is -0.143. The average Bonchev–Trinajstić information content (AvgIpc) is 3.21. The Morgan fingerprint density at radius 2 is 1.69 bits per heavy atom. The van der Waals surface area contributed by atoms with Crippen molar-refractivity contribution < 1.29 is 28.7 Å². The quantitative estimate of drug-likeness (QED) is 0.205. The molecule has 5 aliphatic rings. The number of fused-ring (bicyclic) bond motifs is 1. The molecule has 4 atom stereocenters. The van der Waals surface area contributed by atoms with Crippen LogP contribution in [-0.2, 0) is 23.9 Å². The Kier molecular flexibility index (Phi) is 8.94. The molecule has 49 heavy (non-hydrogen) atoms. The molecule has 1 unspecified atom stereocenters. The molecule has 2 aliphatic heterocycles. The van der Waals surface area contributed by atoms with Crippen molar-refractivity contribution in [2.45, 2.75) is 110 Å². The van der Waals surface area contributed by atoms with E-state index in [0.717, 1.165) is 38.5 Å². The highest BCUT2D eigenvalue weighted by Crippen LogP contribution is 2.88. The van der Waals surface area contributed by atoms with Gasteiger partial charge in [0.15, 0.2) is 0 Å². The summed E-state index contributed by atoms with van der Waals surface area (Å²) in [6.07, 6.45) is 10.1. The summed E-state index contributed by atoms with van der Waals surface area (Å²) >= 11 is 0. The Morgan fingerprint density at radius 3 is 2.18 bits per heavy atom. The number of Topliss-reactive ketones (excluding diaryl/α,β-unsaturated/α-hetero) is 1. The maximum atomic E-state index is 14.7. The van der Waals surface area contributed by atoms with Crippen LogP contribution in [0.1, 0.15) is 86.0 Å². The van der Waals surface area contributed by atoms with E-state index in [0.29, 0.717) is 31.9 Å². The van der Waals surface area contributed by atoms with Crippen molar-refractivity contribution in [2.75, 3.05) is 31.6 Å². The Hall–Kier alpha value is -3.81. The highest BCUT2D eigenvalue weighted by atomic mass is 16.5. The molecule has 0 radical (unpaired) electrons. The summed E-state index contributed by atoms with van der Waals surface area (Å²) in [6.45, 7) is 11.3. The molecule has 3 saturated carbocycles. The SMILES string of the molecule is CC(C)(C)[C@H](NC(=O)NC1(CNc2ncccn2)COC1)C(=O)N1C[C@]2(C[C@H]1C(=O)NC(CC1CCC1)C(=O)C(N)=O)C(C)(C)C21CCC1. The molecule has 5 fully saturated rings. The van der Waals surface area contributed by atoms with Crippen molar-refractivity contribution in [3.8, 4) is 0 Å². The van der Waals surface area contributed by atoms with Crippen LogP contribution in [0.2, 0.25) is 0 Å². The van der Waals surface area contributed by atoms with E-state index in [9.17, 15) is 24.0 Å². The minimum Gasteiger partial charge on any atom is -0.376 e. The zero-order valence-electron chi connectivity index (χ0n) is 29.4. The molecule has 3 heterocycles. The lowest BCUT2D eigenvalue weighted by atomic mass is 9.73. The first-order chi connectivity index (χ1) is 23.0. The van der Waals surface area contributed by atoms with Gasteiger partial charge in [0.05, 0.1) is 19.3 Å². The number of carbonyl (C=O) groups excluding carboxylic acids is 5. The van der Waals surface area contributed by atoms with Gasteiger partial charge in [0.2, 0.25) is 23.5 Å². The lowest BCUT2D eigenvalue weighted by Gasteiger charge is -2.43. The van der Waals surface area contributed by atoms with Gasteiger partial charge in [0, 0.05) is 30.9 Å². The number of aromatic nitrogens is 2. The summed E-state index contributed by atoms with van der Waals surface area (Å²) < 4.78 is 5.46. The molecular weight excluding hydrogens is 628 g/mol. The molecule has 0 bridgehead atoms. The third kappa shape index (κ3) is 6.03. The number of anilines is 1. The summed E-state index contributed by atoms with van der Waals surface area (Å²) in [4.78, 5) is 77.4. The van der Waals surface area contributed by atoms with Crippen LogP contribution < -0.4 is 27.0 Å². The maximum absolute atomic E-state index is 14.7. The molecule has 14 heteroatoms. The van der Waals surface area contributed by atoms with Gasteiger partial charge in [-0.1, -0.05) is 60.3 Å². The number of primary amides is 1. The summed E-state index contributed by atoms with van der Waals surface area (Å²) in [6, 6.07) is -1.70. The molecule has 0 aromatic carbocycles. The minimum atomic E-state index is -1.08. The van der Waals surface area contributed by atoms with Crippen molar-refractivity contribution in [3.05, 3.63) is 18.5 Å². The van der Waals surface area contributed by atoms with E-state index in [-0.39, 0.29) is 41.3 Å². The molecule has 2 saturated heterocycles. The second-order valence-corrected chi connectivity index (χ2v) is 16.7. The summed E-state index contributed by atoms with van der Waals surface area (Å²) in [5.41, 5.74) is 3.63. The van der Waals surface area contributed by atoms with Crippen molar-refractivity contribution >= 4 is 35.5 Å². The molecular formula is C35H52N8O6. The Labute approximate surface area is 287 Å². The third-order valence-electron chi connectivity index (χ3n) is 12.7. The number of ether oxygens (including phenoxy) is 1. The fraction of sp³-hybridized carbons (Fsp3) is 0.743. The van der Waals surface area contributed by atoms with Gasteiger partial charge in [-0.3, -0.25) is 19.2 Å². The van der Waals surface area contributed by atoms with Crippen LogP contribution in [0.3, 0.4) is 0 Å². The molecule has 1 aromatic rings. The van der Waals surface area contributed by atoms with Gasteiger partial charge in [-0.2, -0.15) is 0 Å². The van der Waals surface area contributed by atoms with Gasteiger partial charge in [-0.25, -0.2) is 14.8 Å². The highest BCUT2D eigenvalue weighted by Gasteiger charge is 2.85. The maximum Gasteiger partial charge on any atom is 0.316 e. The second kappa shape index (κ2) is 12.5. The Bertz CT molecular complexity index is 1480. The van der Waals surface area contributed by atoms with Gasteiger partial charge >= 0.3 is 6.03 Å². The summed E-state index contributed by atoms with van der Waals surface area (Å²) in [5, 5.41) is 11.9. The average molecular weight is 681 g/mol. The van der Waals surface area contributed by atoms with E-state index in [1.165, 1.54) is 0 Å². The fourth-order valence-electron chi connectivity index (χ4n) is 9.22. The van der Waals surface area contributed by atoms with Crippen molar-refractivity contribution in [1.29, 1.82) is 0 Å². The van der Waals surface area contributed by atoms with Crippen molar-refractivity contribution in [3.63, 3.8) is 0 Å². The van der Waals surface area contributed by atoms with E-state index in [2.05, 4.69) is 45.1 Å². The van der Waals surface area contributed by atoms with Crippen LogP contribution in [0.25, 0.3) is 0 Å². The molecule has 6 N–H and O–H groups in total. The number of nitrogens with zero attached hydrogens (tertiary/aromatic N) is 3. The van der Waals surface area contributed by atoms with E-state index in [1.54, 1.807) is 23.4 Å². The van der Waals surface area contributed by atoms with Crippen LogP contribution in [-0.4, -0.2) is 94.4 Å². The van der Waals surface area contributed by atoms with Crippen LogP contribution in [0, 0.1) is 27.6 Å². The standard InChI is InChI=1S/C35H52N8O6/c1-31(2,3)25(41-30(48)42-33(19-49-20-33)17-39-29-37-13-8-14-38-29)28(47)43-18-35(32(4,5)34(35)11-7-12-34)16-23(43)27(46)40-22(24(44)26(36)45)15-21-9-6-10-21/h8,13-14,21-23,25H,6-7,9-12,15-20H2,1-5H3,(H2,36,45)(H,40,46)(H,37,38,39)(H2,41,42,48)/t22?,23-,25+,35+/m0/s1. The van der Waals surface area contributed by atoms with Crippen LogP contribution in [0.4, 0.5) is 10.7 Å². The van der Waals surface area contributed by atoms with Crippen molar-refractivity contribution in [2.24, 2.45) is 33.3 Å². The number of hydrogen-bond donors (Lipinski definition) is 5. The number of hydrogen-bond acceptors (Lipinski definition) is 9. The van der Waals surface area contributed by atoms with E-state index in [1.807, 2.05) is 20.8 Å². The van der Waals surface area contributed by atoms with Gasteiger partial charge < -0.3 is 36.6 Å². The van der Waals surface area contributed by atoms with Crippen LogP contribution in [0.15, 0.2) is 18.5 Å². The zero-order valence-corrected chi connectivity index (χ0v) is 29.4. The molecule has 2 spiro atoms. The van der Waals surface area contributed by atoms with E-state index in [4.69, 9.17) is 10.5 Å². The first-order valence-corrected chi connectivity index (χ1v) is 17.7. The topological polar surface area (TPSA) is 198 Å². The minimum absolute atomic E-state index is 0.0377. The molecule has 5 amide bonds. The van der Waals surface area contributed by atoms with Gasteiger partial charge in [0.1, 0.15) is 17.6 Å². The monoisotopic (exact) mass is 680 g/mol. The lowest BCUT2D eigenvalue weighted by Crippen LogP contribution is -2.69. The summed E-state index contributed by atoms with van der Waals surface area (Å²) in [7, 11) is 0. The molecule has 268 valence electrons. The van der Waals surface area contributed by atoms with Gasteiger partial charge in [0.25, 0.3) is 5.91 Å². The number of likely N-dealkylation sites (tertiary alicyclic amines) is 1. The van der Waals surface area contributed by atoms with E-state index >= 15 is 0 Å². The molecule has 14 nitrogen and oxygen atoms in total. The number of rotatable bonds is 12. The number of carbonyl (C=O) groups is 5. The smallest absolute Gasteiger partial charge is 0.316 e.